The molecule has 3 aromatic rings. The molecule has 1 aliphatic rings. The van der Waals surface area contributed by atoms with E-state index in [9.17, 15) is 4.79 Å². The largest absolute Gasteiger partial charge is 0.470 e. The van der Waals surface area contributed by atoms with E-state index >= 15 is 0 Å². The highest BCUT2D eigenvalue weighted by Crippen LogP contribution is 2.27. The van der Waals surface area contributed by atoms with Gasteiger partial charge in [0.15, 0.2) is 12.4 Å². The molecule has 0 unspecified atom stereocenters. The zero-order valence-electron chi connectivity index (χ0n) is 16.4. The third-order valence-corrected chi connectivity index (χ3v) is 5.55. The summed E-state index contributed by atoms with van der Waals surface area (Å²) in [6.07, 6.45) is 1.72. The van der Waals surface area contributed by atoms with Crippen LogP contribution in [-0.2, 0) is 13.3 Å². The molecule has 1 amide bonds. The average molecular weight is 445 g/mol. The number of hydrogen-bond donors (Lipinski definition) is 0. The van der Waals surface area contributed by atoms with E-state index in [1.54, 1.807) is 35.1 Å². The maximum atomic E-state index is 12.8. The Morgan fingerprint density at radius 1 is 1.00 bits per heavy atom. The molecule has 1 saturated heterocycles. The van der Waals surface area contributed by atoms with E-state index in [0.717, 1.165) is 19.6 Å². The highest BCUT2D eigenvalue weighted by atomic mass is 35.5. The van der Waals surface area contributed by atoms with Crippen molar-refractivity contribution in [1.82, 2.24) is 19.6 Å². The molecule has 0 aliphatic carbocycles. The number of rotatable bonds is 6. The second-order valence-corrected chi connectivity index (χ2v) is 7.99. The van der Waals surface area contributed by atoms with E-state index in [2.05, 4.69) is 34.3 Å². The molecule has 0 bridgehead atoms. The van der Waals surface area contributed by atoms with Gasteiger partial charge < -0.3 is 9.64 Å². The highest BCUT2D eigenvalue weighted by Gasteiger charge is 2.23. The van der Waals surface area contributed by atoms with Crippen molar-refractivity contribution in [3.8, 4) is 5.75 Å². The van der Waals surface area contributed by atoms with Crippen molar-refractivity contribution in [1.29, 1.82) is 0 Å². The van der Waals surface area contributed by atoms with Gasteiger partial charge >= 0.3 is 0 Å². The second kappa shape index (κ2) is 9.51. The van der Waals surface area contributed by atoms with Crippen molar-refractivity contribution in [3.05, 3.63) is 82.1 Å². The quantitative estimate of drug-likeness (QED) is 0.571. The molecule has 0 spiro atoms. The zero-order valence-corrected chi connectivity index (χ0v) is 17.9. The molecule has 0 radical (unpaired) electrons. The van der Waals surface area contributed by atoms with Crippen LogP contribution in [-0.4, -0.2) is 51.7 Å². The Morgan fingerprint density at radius 2 is 1.77 bits per heavy atom. The van der Waals surface area contributed by atoms with Crippen LogP contribution in [0.2, 0.25) is 10.0 Å². The normalized spacial score (nSPS) is 14.7. The number of halogens is 2. The summed E-state index contributed by atoms with van der Waals surface area (Å²) >= 11 is 12.0. The van der Waals surface area contributed by atoms with Gasteiger partial charge in [-0.2, -0.15) is 5.10 Å². The van der Waals surface area contributed by atoms with Gasteiger partial charge in [0.25, 0.3) is 5.91 Å². The lowest BCUT2D eigenvalue weighted by molar-refractivity contribution is 0.0621. The first-order valence-electron chi connectivity index (χ1n) is 9.75. The maximum absolute atomic E-state index is 12.8. The predicted octanol–water partition coefficient (Wildman–Crippen LogP) is 4.18. The fourth-order valence-electron chi connectivity index (χ4n) is 3.39. The van der Waals surface area contributed by atoms with Crippen molar-refractivity contribution in [2.75, 3.05) is 26.2 Å². The van der Waals surface area contributed by atoms with Crippen LogP contribution in [0.15, 0.2) is 60.8 Å². The van der Waals surface area contributed by atoms with Gasteiger partial charge in [-0.05, 0) is 29.8 Å². The van der Waals surface area contributed by atoms with E-state index in [4.69, 9.17) is 27.9 Å². The number of amides is 1. The van der Waals surface area contributed by atoms with E-state index in [-0.39, 0.29) is 12.6 Å². The Hall–Kier alpha value is -2.54. The number of carbonyl (C=O) groups is 1. The Kier molecular flexibility index (Phi) is 6.57. The van der Waals surface area contributed by atoms with E-state index in [1.807, 2.05) is 11.0 Å². The summed E-state index contributed by atoms with van der Waals surface area (Å²) in [7, 11) is 0. The third kappa shape index (κ3) is 5.14. The van der Waals surface area contributed by atoms with Crippen LogP contribution in [0.3, 0.4) is 0 Å². The average Bonchev–Trinajstić information content (AvgIpc) is 3.23. The molecule has 0 atom stereocenters. The highest BCUT2D eigenvalue weighted by molar-refractivity contribution is 6.35. The van der Waals surface area contributed by atoms with Crippen molar-refractivity contribution < 1.29 is 9.53 Å². The van der Waals surface area contributed by atoms with Gasteiger partial charge in [-0.25, -0.2) is 4.68 Å². The molecule has 1 aliphatic heterocycles. The molecule has 2 heterocycles. The van der Waals surface area contributed by atoms with Gasteiger partial charge in [-0.15, -0.1) is 0 Å². The lowest BCUT2D eigenvalue weighted by Gasteiger charge is -2.34. The minimum atomic E-state index is -0.0577. The topological polar surface area (TPSA) is 50.6 Å². The molecule has 30 heavy (non-hydrogen) atoms. The third-order valence-electron chi connectivity index (χ3n) is 5.01. The van der Waals surface area contributed by atoms with Crippen molar-refractivity contribution >= 4 is 29.1 Å². The van der Waals surface area contributed by atoms with Gasteiger partial charge in [0, 0.05) is 43.9 Å². The second-order valence-electron chi connectivity index (χ2n) is 7.14. The van der Waals surface area contributed by atoms with Crippen LogP contribution >= 0.6 is 23.2 Å². The van der Waals surface area contributed by atoms with Crippen LogP contribution in [0.5, 0.6) is 5.75 Å². The number of benzene rings is 2. The van der Waals surface area contributed by atoms with Crippen LogP contribution in [0.4, 0.5) is 0 Å². The fourth-order valence-corrected chi connectivity index (χ4v) is 3.85. The standard InChI is InChI=1S/C22H22Cl2N4O2/c23-18-6-7-21(19(24)14-18)30-16-28-9-8-20(25-28)22(29)27-12-10-26(11-13-27)15-17-4-2-1-3-5-17/h1-9,14H,10-13,15-16H2. The molecule has 1 fully saturated rings. The van der Waals surface area contributed by atoms with Crippen LogP contribution in [0.25, 0.3) is 0 Å². The molecule has 0 N–H and O–H groups in total. The molecule has 8 heteroatoms. The molecule has 4 rings (SSSR count). The Balaban J connectivity index is 1.29. The number of nitrogens with zero attached hydrogens (tertiary/aromatic N) is 4. The molecule has 156 valence electrons. The summed E-state index contributed by atoms with van der Waals surface area (Å²) in [4.78, 5) is 17.0. The summed E-state index contributed by atoms with van der Waals surface area (Å²) in [5.41, 5.74) is 1.70. The first kappa shape index (κ1) is 20.7. The number of ether oxygens (including phenoxy) is 1. The summed E-state index contributed by atoms with van der Waals surface area (Å²) in [6.45, 7) is 4.13. The van der Waals surface area contributed by atoms with Gasteiger partial charge in [0.05, 0.1) is 5.02 Å². The molecule has 1 aromatic heterocycles. The lowest BCUT2D eigenvalue weighted by Crippen LogP contribution is -2.48. The number of carbonyl (C=O) groups excluding carboxylic acids is 1. The van der Waals surface area contributed by atoms with Crippen molar-refractivity contribution in [2.45, 2.75) is 13.3 Å². The molecular formula is C22H22Cl2N4O2. The first-order chi connectivity index (χ1) is 14.6. The van der Waals surface area contributed by atoms with Gasteiger partial charge in [0.2, 0.25) is 0 Å². The molecule has 6 nitrogen and oxygen atoms in total. The summed E-state index contributed by atoms with van der Waals surface area (Å²) in [5.74, 6) is 0.455. The lowest BCUT2D eigenvalue weighted by atomic mass is 10.2. The Morgan fingerprint density at radius 3 is 2.50 bits per heavy atom. The number of piperazine rings is 1. The number of aromatic nitrogens is 2. The summed E-state index contributed by atoms with van der Waals surface area (Å²) < 4.78 is 7.24. The van der Waals surface area contributed by atoms with Crippen LogP contribution in [0, 0.1) is 0 Å². The first-order valence-corrected chi connectivity index (χ1v) is 10.5. The minimum absolute atomic E-state index is 0.0577. The van der Waals surface area contributed by atoms with E-state index < -0.39 is 0 Å². The monoisotopic (exact) mass is 444 g/mol. The SMILES string of the molecule is O=C(c1ccn(COc2ccc(Cl)cc2Cl)n1)N1CCN(Cc2ccccc2)CC1. The maximum Gasteiger partial charge on any atom is 0.274 e. The predicted molar refractivity (Wildman–Crippen MR) is 117 cm³/mol. The van der Waals surface area contributed by atoms with Crippen molar-refractivity contribution in [3.63, 3.8) is 0 Å². The van der Waals surface area contributed by atoms with Gasteiger partial charge in [0.1, 0.15) is 5.75 Å². The van der Waals surface area contributed by atoms with Gasteiger partial charge in [-0.3, -0.25) is 9.69 Å². The molecular weight excluding hydrogens is 423 g/mol. The summed E-state index contributed by atoms with van der Waals surface area (Å²) in [6, 6.07) is 17.1. The number of hydrogen-bond acceptors (Lipinski definition) is 4. The van der Waals surface area contributed by atoms with E-state index in [0.29, 0.717) is 34.6 Å². The smallest absolute Gasteiger partial charge is 0.274 e. The minimum Gasteiger partial charge on any atom is -0.470 e. The molecule has 2 aromatic carbocycles. The summed E-state index contributed by atoms with van der Waals surface area (Å²) in [5, 5.41) is 5.33. The van der Waals surface area contributed by atoms with Crippen molar-refractivity contribution in [2.24, 2.45) is 0 Å². The zero-order chi connectivity index (χ0) is 20.9. The molecule has 0 saturated carbocycles. The fraction of sp³-hybridized carbons (Fsp3) is 0.273. The van der Waals surface area contributed by atoms with Crippen LogP contribution < -0.4 is 4.74 Å². The van der Waals surface area contributed by atoms with Crippen LogP contribution in [0.1, 0.15) is 16.1 Å². The Bertz CT molecular complexity index is 1000. The Labute approximate surface area is 185 Å². The van der Waals surface area contributed by atoms with Gasteiger partial charge in [-0.1, -0.05) is 53.5 Å². The van der Waals surface area contributed by atoms with E-state index in [1.165, 1.54) is 5.56 Å².